The first-order chi connectivity index (χ1) is 8.02. The molecule has 0 heterocycles. The monoisotopic (exact) mass is 237 g/mol. The lowest BCUT2D eigenvalue weighted by molar-refractivity contribution is 0.0942. The molecule has 5 heteroatoms. The molecule has 94 valence electrons. The van der Waals surface area contributed by atoms with Gasteiger partial charge in [0, 0.05) is 23.5 Å². The number of nitrogen functional groups attached to an aromatic ring is 2. The molecule has 1 aromatic carbocycles. The Morgan fingerprint density at radius 2 is 1.94 bits per heavy atom. The van der Waals surface area contributed by atoms with Crippen molar-refractivity contribution >= 4 is 17.3 Å². The Morgan fingerprint density at radius 3 is 2.47 bits per heavy atom. The number of aliphatic hydroxyl groups is 1. The predicted molar refractivity (Wildman–Crippen MR) is 68.5 cm³/mol. The van der Waals surface area contributed by atoms with Crippen molar-refractivity contribution in [2.75, 3.05) is 18.0 Å². The lowest BCUT2D eigenvalue weighted by atomic mass is 10.1. The van der Waals surface area contributed by atoms with Gasteiger partial charge in [-0.2, -0.15) is 0 Å². The smallest absolute Gasteiger partial charge is 0.251 e. The largest absolute Gasteiger partial charge is 0.399 e. The second kappa shape index (κ2) is 6.10. The van der Waals surface area contributed by atoms with Gasteiger partial charge >= 0.3 is 0 Å². The van der Waals surface area contributed by atoms with Crippen molar-refractivity contribution in [3.05, 3.63) is 23.8 Å². The Labute approximate surface area is 101 Å². The van der Waals surface area contributed by atoms with Crippen molar-refractivity contribution < 1.29 is 9.90 Å². The van der Waals surface area contributed by atoms with Crippen LogP contribution < -0.4 is 16.8 Å². The summed E-state index contributed by atoms with van der Waals surface area (Å²) in [6.07, 6.45) is 0.849. The minimum Gasteiger partial charge on any atom is -0.399 e. The number of benzene rings is 1. The van der Waals surface area contributed by atoms with E-state index in [0.717, 1.165) is 0 Å². The molecule has 0 saturated carbocycles. The Hall–Kier alpha value is -1.75. The van der Waals surface area contributed by atoms with E-state index in [1.165, 1.54) is 0 Å². The maximum Gasteiger partial charge on any atom is 0.251 e. The highest BCUT2D eigenvalue weighted by Crippen LogP contribution is 2.13. The van der Waals surface area contributed by atoms with E-state index in [2.05, 4.69) is 5.32 Å². The number of anilines is 2. The number of nitrogens with one attached hydrogen (secondary N) is 1. The first-order valence-corrected chi connectivity index (χ1v) is 5.65. The highest BCUT2D eigenvalue weighted by molar-refractivity contribution is 5.96. The van der Waals surface area contributed by atoms with Gasteiger partial charge in [0.2, 0.25) is 0 Å². The topological polar surface area (TPSA) is 101 Å². The Balaban J connectivity index is 2.52. The SMILES string of the molecule is CCC(O)CCNC(=O)c1cc(N)cc(N)c1. The number of carbonyl (C=O) groups is 1. The van der Waals surface area contributed by atoms with Crippen LogP contribution in [0.1, 0.15) is 30.1 Å². The van der Waals surface area contributed by atoms with Crippen molar-refractivity contribution in [3.8, 4) is 0 Å². The molecule has 0 fully saturated rings. The van der Waals surface area contributed by atoms with E-state index >= 15 is 0 Å². The van der Waals surface area contributed by atoms with Gasteiger partial charge in [-0.05, 0) is 31.0 Å². The van der Waals surface area contributed by atoms with Crippen LogP contribution in [0.15, 0.2) is 18.2 Å². The van der Waals surface area contributed by atoms with Crippen LogP contribution in [0.25, 0.3) is 0 Å². The van der Waals surface area contributed by atoms with E-state index < -0.39 is 0 Å². The van der Waals surface area contributed by atoms with Crippen LogP contribution >= 0.6 is 0 Å². The fourth-order valence-electron chi connectivity index (χ4n) is 1.47. The van der Waals surface area contributed by atoms with Gasteiger partial charge in [-0.15, -0.1) is 0 Å². The van der Waals surface area contributed by atoms with E-state index in [-0.39, 0.29) is 12.0 Å². The number of hydrogen-bond donors (Lipinski definition) is 4. The van der Waals surface area contributed by atoms with Crippen molar-refractivity contribution in [2.24, 2.45) is 0 Å². The zero-order valence-electron chi connectivity index (χ0n) is 9.94. The summed E-state index contributed by atoms with van der Waals surface area (Å²) in [5, 5.41) is 12.0. The molecule has 1 atom stereocenters. The normalized spacial score (nSPS) is 12.1. The molecule has 0 saturated heterocycles. The minimum atomic E-state index is -0.374. The lowest BCUT2D eigenvalue weighted by Gasteiger charge is -2.09. The second-order valence-corrected chi connectivity index (χ2v) is 4.00. The van der Waals surface area contributed by atoms with Crippen molar-refractivity contribution in [1.82, 2.24) is 5.32 Å². The minimum absolute atomic E-state index is 0.229. The average Bonchev–Trinajstić information content (AvgIpc) is 2.27. The molecule has 5 nitrogen and oxygen atoms in total. The van der Waals surface area contributed by atoms with Gasteiger partial charge in [-0.1, -0.05) is 6.92 Å². The number of carbonyl (C=O) groups excluding carboxylic acids is 1. The van der Waals surface area contributed by atoms with E-state index in [1.807, 2.05) is 6.92 Å². The first-order valence-electron chi connectivity index (χ1n) is 5.65. The summed E-state index contributed by atoms with van der Waals surface area (Å²) >= 11 is 0. The average molecular weight is 237 g/mol. The maximum absolute atomic E-state index is 11.7. The van der Waals surface area contributed by atoms with Crippen LogP contribution in [0.5, 0.6) is 0 Å². The molecular weight excluding hydrogens is 218 g/mol. The third kappa shape index (κ3) is 4.32. The Kier molecular flexibility index (Phi) is 4.78. The number of rotatable bonds is 5. The molecule has 0 aliphatic heterocycles. The molecule has 1 amide bonds. The zero-order chi connectivity index (χ0) is 12.8. The van der Waals surface area contributed by atoms with E-state index in [4.69, 9.17) is 11.5 Å². The summed E-state index contributed by atoms with van der Waals surface area (Å²) in [7, 11) is 0. The summed E-state index contributed by atoms with van der Waals surface area (Å²) in [6, 6.07) is 4.74. The Morgan fingerprint density at radius 1 is 1.35 bits per heavy atom. The van der Waals surface area contributed by atoms with Crippen LogP contribution in [-0.2, 0) is 0 Å². The molecule has 1 unspecified atom stereocenters. The molecule has 0 radical (unpaired) electrons. The van der Waals surface area contributed by atoms with Crippen molar-refractivity contribution in [2.45, 2.75) is 25.9 Å². The van der Waals surface area contributed by atoms with E-state index in [9.17, 15) is 9.90 Å². The van der Waals surface area contributed by atoms with Crippen LogP contribution in [0.3, 0.4) is 0 Å². The molecule has 0 bridgehead atoms. The van der Waals surface area contributed by atoms with Crippen molar-refractivity contribution in [1.29, 1.82) is 0 Å². The van der Waals surface area contributed by atoms with E-state index in [0.29, 0.717) is 36.3 Å². The standard InChI is InChI=1S/C12H19N3O2/c1-2-11(16)3-4-15-12(17)8-5-9(13)7-10(14)6-8/h5-7,11,16H,2-4,13-14H2,1H3,(H,15,17). The van der Waals surface area contributed by atoms with E-state index in [1.54, 1.807) is 18.2 Å². The van der Waals surface area contributed by atoms with Gasteiger partial charge in [-0.3, -0.25) is 4.79 Å². The third-order valence-corrected chi connectivity index (χ3v) is 2.47. The zero-order valence-corrected chi connectivity index (χ0v) is 9.94. The van der Waals surface area contributed by atoms with Crippen molar-refractivity contribution in [3.63, 3.8) is 0 Å². The molecular formula is C12H19N3O2. The summed E-state index contributed by atoms with van der Waals surface area (Å²) in [5.41, 5.74) is 12.6. The molecule has 1 aromatic rings. The molecule has 0 aliphatic carbocycles. The molecule has 1 rings (SSSR count). The molecule has 17 heavy (non-hydrogen) atoms. The number of amides is 1. The van der Waals surface area contributed by atoms with Crippen LogP contribution in [0.2, 0.25) is 0 Å². The van der Waals surface area contributed by atoms with Crippen LogP contribution in [0, 0.1) is 0 Å². The fraction of sp³-hybridized carbons (Fsp3) is 0.417. The number of aliphatic hydroxyl groups excluding tert-OH is 1. The van der Waals surface area contributed by atoms with Gasteiger partial charge in [0.15, 0.2) is 0 Å². The summed E-state index contributed by atoms with van der Waals surface area (Å²) in [6.45, 7) is 2.33. The van der Waals surface area contributed by atoms with Gasteiger partial charge < -0.3 is 21.9 Å². The number of nitrogens with two attached hydrogens (primary N) is 2. The molecule has 0 spiro atoms. The maximum atomic E-state index is 11.7. The van der Waals surface area contributed by atoms with Gasteiger partial charge in [-0.25, -0.2) is 0 Å². The quantitative estimate of drug-likeness (QED) is 0.567. The third-order valence-electron chi connectivity index (χ3n) is 2.47. The summed E-state index contributed by atoms with van der Waals surface area (Å²) in [5.74, 6) is -0.229. The molecule has 6 N–H and O–H groups in total. The Bertz CT molecular complexity index is 373. The van der Waals surface area contributed by atoms with Crippen LogP contribution in [-0.4, -0.2) is 23.7 Å². The highest BCUT2D eigenvalue weighted by Gasteiger charge is 2.07. The van der Waals surface area contributed by atoms with Gasteiger partial charge in [0.05, 0.1) is 6.10 Å². The lowest BCUT2D eigenvalue weighted by Crippen LogP contribution is -2.27. The molecule has 0 aliphatic rings. The molecule has 0 aromatic heterocycles. The predicted octanol–water partition coefficient (Wildman–Crippen LogP) is 0.742. The van der Waals surface area contributed by atoms with Gasteiger partial charge in [0.1, 0.15) is 0 Å². The summed E-state index contributed by atoms with van der Waals surface area (Å²) < 4.78 is 0. The first kappa shape index (κ1) is 13.3. The highest BCUT2D eigenvalue weighted by atomic mass is 16.3. The number of hydrogen-bond acceptors (Lipinski definition) is 4. The van der Waals surface area contributed by atoms with Gasteiger partial charge in [0.25, 0.3) is 5.91 Å². The second-order valence-electron chi connectivity index (χ2n) is 4.00. The summed E-state index contributed by atoms with van der Waals surface area (Å²) in [4.78, 5) is 11.7. The van der Waals surface area contributed by atoms with Crippen LogP contribution in [0.4, 0.5) is 11.4 Å². The fourth-order valence-corrected chi connectivity index (χ4v) is 1.47.